The molecular formula is C21H24N4. The van der Waals surface area contributed by atoms with Gasteiger partial charge in [-0.05, 0) is 31.4 Å². The molecule has 0 saturated carbocycles. The van der Waals surface area contributed by atoms with Crippen LogP contribution in [0.25, 0.3) is 0 Å². The minimum atomic E-state index is 0.153. The molecule has 4 nitrogen and oxygen atoms in total. The highest BCUT2D eigenvalue weighted by Crippen LogP contribution is 2.18. The summed E-state index contributed by atoms with van der Waals surface area (Å²) in [5.41, 5.74) is 3.47. The van der Waals surface area contributed by atoms with Crippen LogP contribution < -0.4 is 10.6 Å². The van der Waals surface area contributed by atoms with Gasteiger partial charge in [-0.25, -0.2) is 4.98 Å². The topological polar surface area (TPSA) is 49.8 Å². The maximum atomic E-state index is 4.60. The summed E-state index contributed by atoms with van der Waals surface area (Å²) >= 11 is 0. The maximum Gasteiger partial charge on any atom is 0.225 e. The van der Waals surface area contributed by atoms with E-state index in [1.165, 1.54) is 11.1 Å². The van der Waals surface area contributed by atoms with E-state index < -0.39 is 0 Å². The van der Waals surface area contributed by atoms with E-state index in [1.54, 1.807) is 0 Å². The van der Waals surface area contributed by atoms with E-state index in [2.05, 4.69) is 63.9 Å². The Bertz CT molecular complexity index is 788. The zero-order chi connectivity index (χ0) is 17.5. The van der Waals surface area contributed by atoms with Crippen molar-refractivity contribution in [3.05, 3.63) is 83.6 Å². The number of aryl methyl sites for hydroxylation is 1. The molecule has 2 aromatic carbocycles. The van der Waals surface area contributed by atoms with Crippen molar-refractivity contribution >= 4 is 11.8 Å². The molecule has 0 spiro atoms. The van der Waals surface area contributed by atoms with Crippen LogP contribution in [0.2, 0.25) is 0 Å². The van der Waals surface area contributed by atoms with Crippen LogP contribution in [0, 0.1) is 6.92 Å². The van der Waals surface area contributed by atoms with E-state index in [-0.39, 0.29) is 6.04 Å². The molecule has 3 rings (SSSR count). The average molecular weight is 332 g/mol. The Hall–Kier alpha value is -2.88. The first kappa shape index (κ1) is 17.0. The van der Waals surface area contributed by atoms with Gasteiger partial charge < -0.3 is 10.6 Å². The van der Waals surface area contributed by atoms with Crippen LogP contribution in [0.4, 0.5) is 11.8 Å². The minimum absolute atomic E-state index is 0.153. The molecule has 0 bridgehead atoms. The van der Waals surface area contributed by atoms with Crippen molar-refractivity contribution < 1.29 is 0 Å². The summed E-state index contributed by atoms with van der Waals surface area (Å²) in [5, 5.41) is 6.78. The molecule has 0 aliphatic heterocycles. The summed E-state index contributed by atoms with van der Waals surface area (Å²) in [5.74, 6) is 1.50. The lowest BCUT2D eigenvalue weighted by Gasteiger charge is -2.15. The van der Waals surface area contributed by atoms with Gasteiger partial charge in [0.2, 0.25) is 5.95 Å². The van der Waals surface area contributed by atoms with E-state index in [9.17, 15) is 0 Å². The third kappa shape index (κ3) is 5.05. The molecule has 1 heterocycles. The van der Waals surface area contributed by atoms with E-state index in [1.807, 2.05) is 37.3 Å². The van der Waals surface area contributed by atoms with Gasteiger partial charge in [0.1, 0.15) is 5.82 Å². The Kier molecular flexibility index (Phi) is 5.62. The first-order valence-corrected chi connectivity index (χ1v) is 8.65. The molecule has 128 valence electrons. The van der Waals surface area contributed by atoms with Crippen LogP contribution >= 0.6 is 0 Å². The number of hydrogen-bond donors (Lipinski definition) is 2. The predicted octanol–water partition coefficient (Wildman–Crippen LogP) is 4.61. The van der Waals surface area contributed by atoms with Crippen molar-refractivity contribution in [2.24, 2.45) is 0 Å². The van der Waals surface area contributed by atoms with Gasteiger partial charge in [0.25, 0.3) is 0 Å². The smallest absolute Gasteiger partial charge is 0.225 e. The number of anilines is 2. The first-order chi connectivity index (χ1) is 12.2. The summed E-state index contributed by atoms with van der Waals surface area (Å²) in [6, 6.07) is 22.9. The van der Waals surface area contributed by atoms with Crippen LogP contribution in [-0.4, -0.2) is 16.5 Å². The van der Waals surface area contributed by atoms with Gasteiger partial charge in [-0.3, -0.25) is 0 Å². The molecule has 1 aromatic heterocycles. The molecule has 1 atom stereocenters. The average Bonchev–Trinajstić information content (AvgIpc) is 2.63. The first-order valence-electron chi connectivity index (χ1n) is 8.65. The van der Waals surface area contributed by atoms with Gasteiger partial charge >= 0.3 is 0 Å². The van der Waals surface area contributed by atoms with Gasteiger partial charge in [-0.15, -0.1) is 0 Å². The quantitative estimate of drug-likeness (QED) is 0.663. The Labute approximate surface area is 149 Å². The fraction of sp³-hybridized carbons (Fsp3) is 0.238. The van der Waals surface area contributed by atoms with Crippen LogP contribution in [0.1, 0.15) is 29.8 Å². The van der Waals surface area contributed by atoms with E-state index in [4.69, 9.17) is 0 Å². The molecule has 0 saturated heterocycles. The highest BCUT2D eigenvalue weighted by Gasteiger charge is 2.08. The van der Waals surface area contributed by atoms with Crippen molar-refractivity contribution in [1.29, 1.82) is 0 Å². The largest absolute Gasteiger partial charge is 0.370 e. The normalized spacial score (nSPS) is 11.8. The third-order valence-electron chi connectivity index (χ3n) is 4.06. The lowest BCUT2D eigenvalue weighted by Crippen LogP contribution is -2.12. The Balaban J connectivity index is 1.62. The van der Waals surface area contributed by atoms with E-state index in [0.29, 0.717) is 5.95 Å². The van der Waals surface area contributed by atoms with Crippen LogP contribution in [0.15, 0.2) is 66.7 Å². The number of hydrogen-bond acceptors (Lipinski definition) is 4. The molecule has 0 aliphatic rings. The van der Waals surface area contributed by atoms with Crippen molar-refractivity contribution in [2.75, 3.05) is 17.2 Å². The number of nitrogens with zero attached hydrogens (tertiary/aromatic N) is 2. The molecule has 0 aliphatic carbocycles. The predicted molar refractivity (Wildman–Crippen MR) is 104 cm³/mol. The van der Waals surface area contributed by atoms with Gasteiger partial charge in [-0.2, -0.15) is 4.98 Å². The summed E-state index contributed by atoms with van der Waals surface area (Å²) in [4.78, 5) is 9.10. The number of nitrogens with one attached hydrogen (secondary N) is 2. The fourth-order valence-electron chi connectivity index (χ4n) is 2.72. The van der Waals surface area contributed by atoms with Crippen molar-refractivity contribution in [1.82, 2.24) is 9.97 Å². The second-order valence-corrected chi connectivity index (χ2v) is 6.16. The molecule has 2 N–H and O–H groups in total. The second-order valence-electron chi connectivity index (χ2n) is 6.16. The zero-order valence-corrected chi connectivity index (χ0v) is 14.7. The molecule has 0 fully saturated rings. The fourth-order valence-corrected chi connectivity index (χ4v) is 2.72. The Morgan fingerprint density at radius 1 is 0.920 bits per heavy atom. The van der Waals surface area contributed by atoms with Crippen molar-refractivity contribution in [3.63, 3.8) is 0 Å². The van der Waals surface area contributed by atoms with Crippen LogP contribution in [0.3, 0.4) is 0 Å². The maximum absolute atomic E-state index is 4.60. The molecular weight excluding hydrogens is 308 g/mol. The number of rotatable bonds is 7. The minimum Gasteiger partial charge on any atom is -0.370 e. The van der Waals surface area contributed by atoms with Gasteiger partial charge in [0.05, 0.1) is 6.04 Å². The van der Waals surface area contributed by atoms with Crippen molar-refractivity contribution in [2.45, 2.75) is 26.3 Å². The number of aromatic nitrogens is 2. The third-order valence-corrected chi connectivity index (χ3v) is 4.06. The highest BCUT2D eigenvalue weighted by atomic mass is 15.2. The van der Waals surface area contributed by atoms with Gasteiger partial charge in [-0.1, -0.05) is 60.7 Å². The molecule has 3 aromatic rings. The number of benzene rings is 2. The summed E-state index contributed by atoms with van der Waals surface area (Å²) < 4.78 is 0. The molecule has 1 unspecified atom stereocenters. The van der Waals surface area contributed by atoms with E-state index in [0.717, 1.165) is 24.5 Å². The molecule has 0 radical (unpaired) electrons. The lowest BCUT2D eigenvalue weighted by atomic mass is 10.1. The van der Waals surface area contributed by atoms with E-state index >= 15 is 0 Å². The monoisotopic (exact) mass is 332 g/mol. The summed E-state index contributed by atoms with van der Waals surface area (Å²) in [7, 11) is 0. The molecule has 4 heteroatoms. The second kappa shape index (κ2) is 8.29. The van der Waals surface area contributed by atoms with Crippen molar-refractivity contribution in [3.8, 4) is 0 Å². The Morgan fingerprint density at radius 3 is 2.32 bits per heavy atom. The van der Waals surface area contributed by atoms with Crippen LogP contribution in [-0.2, 0) is 6.42 Å². The molecule has 25 heavy (non-hydrogen) atoms. The lowest BCUT2D eigenvalue weighted by molar-refractivity contribution is 0.856. The van der Waals surface area contributed by atoms with Gasteiger partial charge in [0, 0.05) is 18.3 Å². The van der Waals surface area contributed by atoms with Crippen LogP contribution in [0.5, 0.6) is 0 Å². The highest BCUT2D eigenvalue weighted by molar-refractivity contribution is 5.43. The standard InChI is InChI=1S/C21H24N4/c1-16-15-20(22-14-13-18-9-5-3-6-10-18)25-21(23-16)24-17(2)19-11-7-4-8-12-19/h3-12,15,17H,13-14H2,1-2H3,(H2,22,23,24,25). The SMILES string of the molecule is Cc1cc(NCCc2ccccc2)nc(NC(C)c2ccccc2)n1. The van der Waals surface area contributed by atoms with Gasteiger partial charge in [0.15, 0.2) is 0 Å². The summed E-state index contributed by atoms with van der Waals surface area (Å²) in [6.07, 6.45) is 0.965. The summed E-state index contributed by atoms with van der Waals surface area (Å²) in [6.45, 7) is 4.94. The zero-order valence-electron chi connectivity index (χ0n) is 14.7. The molecule has 0 amide bonds. The Morgan fingerprint density at radius 2 is 1.60 bits per heavy atom.